The van der Waals surface area contributed by atoms with E-state index < -0.39 is 10.9 Å². The summed E-state index contributed by atoms with van der Waals surface area (Å²) in [5.41, 5.74) is 0.763. The summed E-state index contributed by atoms with van der Waals surface area (Å²) in [6.07, 6.45) is 0. The molecule has 2 aromatic carbocycles. The van der Waals surface area contributed by atoms with Crippen molar-refractivity contribution in [1.29, 1.82) is 0 Å². The van der Waals surface area contributed by atoms with Gasteiger partial charge in [0.05, 0.1) is 10.5 Å². The summed E-state index contributed by atoms with van der Waals surface area (Å²) >= 11 is 5.78. The quantitative estimate of drug-likeness (QED) is 0.651. The maximum absolute atomic E-state index is 11.0. The number of hydrogen-bond acceptors (Lipinski definition) is 4. The second-order valence-corrected chi connectivity index (χ2v) is 4.71. The van der Waals surface area contributed by atoms with Crippen molar-refractivity contribution >= 4 is 28.9 Å². The number of benzene rings is 2. The Labute approximate surface area is 125 Å². The molecule has 2 rings (SSSR count). The summed E-state index contributed by atoms with van der Waals surface area (Å²) < 4.78 is 0. The Morgan fingerprint density at radius 2 is 1.90 bits per heavy atom. The van der Waals surface area contributed by atoms with Crippen molar-refractivity contribution in [3.63, 3.8) is 0 Å². The van der Waals surface area contributed by atoms with Gasteiger partial charge in [-0.15, -0.1) is 0 Å². The molecule has 0 unspecified atom stereocenters. The first-order valence-electron chi connectivity index (χ1n) is 5.97. The lowest BCUT2D eigenvalue weighted by atomic mass is 10.1. The molecule has 0 atom stereocenters. The molecule has 0 saturated heterocycles. The average Bonchev–Trinajstić information content (AvgIpc) is 2.46. The van der Waals surface area contributed by atoms with Crippen molar-refractivity contribution in [2.75, 3.05) is 5.32 Å². The molecule has 0 aromatic heterocycles. The van der Waals surface area contributed by atoms with Gasteiger partial charge in [-0.25, -0.2) is 4.79 Å². The van der Waals surface area contributed by atoms with E-state index in [1.807, 2.05) is 0 Å². The Morgan fingerprint density at radius 3 is 2.48 bits per heavy atom. The van der Waals surface area contributed by atoms with Crippen LogP contribution in [0.25, 0.3) is 0 Å². The van der Waals surface area contributed by atoms with Crippen molar-refractivity contribution in [3.8, 4) is 0 Å². The maximum Gasteiger partial charge on any atom is 0.335 e. The standard InChI is InChI=1S/C14H11ClN2O4/c15-11-4-1-9(2-5-11)8-16-12-6-3-10(14(18)19)7-13(12)17(20)21/h1-7,16H,8H2,(H,18,19). The Kier molecular flexibility index (Phi) is 4.39. The van der Waals surface area contributed by atoms with Crippen LogP contribution in [0.4, 0.5) is 11.4 Å². The number of anilines is 1. The van der Waals surface area contributed by atoms with Crippen molar-refractivity contribution in [3.05, 3.63) is 68.7 Å². The molecule has 0 spiro atoms. The predicted molar refractivity (Wildman–Crippen MR) is 78.8 cm³/mol. The molecule has 0 bridgehead atoms. The zero-order chi connectivity index (χ0) is 15.4. The van der Waals surface area contributed by atoms with Crippen LogP contribution in [0.5, 0.6) is 0 Å². The van der Waals surface area contributed by atoms with Crippen molar-refractivity contribution in [2.24, 2.45) is 0 Å². The van der Waals surface area contributed by atoms with Gasteiger partial charge < -0.3 is 10.4 Å². The van der Waals surface area contributed by atoms with Gasteiger partial charge in [0, 0.05) is 17.6 Å². The Bertz CT molecular complexity index is 686. The number of carboxylic acids is 1. The van der Waals surface area contributed by atoms with Gasteiger partial charge in [-0.2, -0.15) is 0 Å². The average molecular weight is 307 g/mol. The monoisotopic (exact) mass is 306 g/mol. The van der Waals surface area contributed by atoms with Gasteiger partial charge in [0.15, 0.2) is 0 Å². The number of aromatic carboxylic acids is 1. The van der Waals surface area contributed by atoms with E-state index in [0.717, 1.165) is 11.6 Å². The summed E-state index contributed by atoms with van der Waals surface area (Å²) in [6, 6.07) is 10.8. The smallest absolute Gasteiger partial charge is 0.335 e. The lowest BCUT2D eigenvalue weighted by molar-refractivity contribution is -0.384. The Hall–Kier alpha value is -2.60. The van der Waals surface area contributed by atoms with Gasteiger partial charge in [-0.05, 0) is 29.8 Å². The zero-order valence-corrected chi connectivity index (χ0v) is 11.5. The molecule has 2 N–H and O–H groups in total. The summed E-state index contributed by atoms with van der Waals surface area (Å²) in [5, 5.41) is 23.4. The molecular formula is C14H11ClN2O4. The summed E-state index contributed by atoms with van der Waals surface area (Å²) in [4.78, 5) is 21.2. The van der Waals surface area contributed by atoms with E-state index in [-0.39, 0.29) is 16.9 Å². The van der Waals surface area contributed by atoms with Crippen LogP contribution in [-0.4, -0.2) is 16.0 Å². The molecule has 108 valence electrons. The Morgan fingerprint density at radius 1 is 1.24 bits per heavy atom. The molecule has 2 aromatic rings. The summed E-state index contributed by atoms with van der Waals surface area (Å²) in [7, 11) is 0. The van der Waals surface area contributed by atoms with Crippen molar-refractivity contribution in [1.82, 2.24) is 0 Å². The summed E-state index contributed by atoms with van der Waals surface area (Å²) in [5.74, 6) is -1.21. The Balaban J connectivity index is 2.21. The van der Waals surface area contributed by atoms with E-state index in [4.69, 9.17) is 16.7 Å². The van der Waals surface area contributed by atoms with Crippen LogP contribution in [0.3, 0.4) is 0 Å². The molecule has 0 saturated carbocycles. The van der Waals surface area contributed by atoms with Crippen LogP contribution in [0.1, 0.15) is 15.9 Å². The third kappa shape index (κ3) is 3.70. The lowest BCUT2D eigenvalue weighted by Gasteiger charge is -2.08. The van der Waals surface area contributed by atoms with Gasteiger partial charge in [-0.3, -0.25) is 10.1 Å². The third-order valence-corrected chi connectivity index (χ3v) is 3.09. The lowest BCUT2D eigenvalue weighted by Crippen LogP contribution is -2.04. The normalized spacial score (nSPS) is 10.1. The van der Waals surface area contributed by atoms with Crippen LogP contribution in [0.2, 0.25) is 5.02 Å². The van der Waals surface area contributed by atoms with Gasteiger partial charge in [0.2, 0.25) is 0 Å². The second-order valence-electron chi connectivity index (χ2n) is 4.27. The molecule has 7 heteroatoms. The molecule has 0 radical (unpaired) electrons. The minimum absolute atomic E-state index is 0.126. The third-order valence-electron chi connectivity index (χ3n) is 2.84. The number of nitro groups is 1. The fraction of sp³-hybridized carbons (Fsp3) is 0.0714. The molecule has 0 heterocycles. The van der Waals surface area contributed by atoms with Gasteiger partial charge >= 0.3 is 5.97 Å². The first-order chi connectivity index (χ1) is 9.97. The minimum atomic E-state index is -1.21. The van der Waals surface area contributed by atoms with Gasteiger partial charge in [0.25, 0.3) is 5.69 Å². The number of nitrogens with zero attached hydrogens (tertiary/aromatic N) is 1. The van der Waals surface area contributed by atoms with Crippen molar-refractivity contribution < 1.29 is 14.8 Å². The SMILES string of the molecule is O=C(O)c1ccc(NCc2ccc(Cl)cc2)c([N+](=O)[O-])c1. The highest BCUT2D eigenvalue weighted by atomic mass is 35.5. The second kappa shape index (κ2) is 6.23. The fourth-order valence-electron chi connectivity index (χ4n) is 1.76. The number of halogens is 1. The van der Waals surface area contributed by atoms with Crippen LogP contribution in [-0.2, 0) is 6.54 Å². The number of nitrogens with one attached hydrogen (secondary N) is 1. The summed E-state index contributed by atoms with van der Waals surface area (Å²) in [6.45, 7) is 0.366. The molecule has 0 fully saturated rings. The predicted octanol–water partition coefficient (Wildman–Crippen LogP) is 3.56. The van der Waals surface area contributed by atoms with E-state index in [9.17, 15) is 14.9 Å². The topological polar surface area (TPSA) is 92.5 Å². The molecule has 0 aliphatic heterocycles. The van der Waals surface area contributed by atoms with Crippen LogP contribution >= 0.6 is 11.6 Å². The molecule has 6 nitrogen and oxygen atoms in total. The zero-order valence-electron chi connectivity index (χ0n) is 10.7. The number of hydrogen-bond donors (Lipinski definition) is 2. The molecule has 21 heavy (non-hydrogen) atoms. The van der Waals surface area contributed by atoms with Crippen LogP contribution < -0.4 is 5.32 Å². The molecule has 0 amide bonds. The van der Waals surface area contributed by atoms with E-state index in [0.29, 0.717) is 11.6 Å². The first kappa shape index (κ1) is 14.8. The van der Waals surface area contributed by atoms with E-state index in [2.05, 4.69) is 5.32 Å². The number of rotatable bonds is 5. The number of carbonyl (C=O) groups is 1. The van der Waals surface area contributed by atoms with E-state index >= 15 is 0 Å². The van der Waals surface area contributed by atoms with Gasteiger partial charge in [0.1, 0.15) is 5.69 Å². The minimum Gasteiger partial charge on any atom is -0.478 e. The van der Waals surface area contributed by atoms with E-state index in [1.165, 1.54) is 12.1 Å². The number of nitro benzene ring substituents is 1. The molecular weight excluding hydrogens is 296 g/mol. The molecule has 0 aliphatic carbocycles. The highest BCUT2D eigenvalue weighted by Gasteiger charge is 2.16. The largest absolute Gasteiger partial charge is 0.478 e. The maximum atomic E-state index is 11.0. The molecule has 0 aliphatic rings. The fourth-order valence-corrected chi connectivity index (χ4v) is 1.89. The van der Waals surface area contributed by atoms with E-state index in [1.54, 1.807) is 24.3 Å². The van der Waals surface area contributed by atoms with Crippen LogP contribution in [0, 0.1) is 10.1 Å². The highest BCUT2D eigenvalue weighted by Crippen LogP contribution is 2.26. The first-order valence-corrected chi connectivity index (χ1v) is 6.35. The van der Waals surface area contributed by atoms with Gasteiger partial charge in [-0.1, -0.05) is 23.7 Å². The number of carboxylic acid groups (broad SMARTS) is 1. The van der Waals surface area contributed by atoms with Crippen LogP contribution in [0.15, 0.2) is 42.5 Å². The highest BCUT2D eigenvalue weighted by molar-refractivity contribution is 6.30. The van der Waals surface area contributed by atoms with Crippen molar-refractivity contribution in [2.45, 2.75) is 6.54 Å².